The van der Waals surface area contributed by atoms with Gasteiger partial charge in [-0.3, -0.25) is 14.4 Å². The summed E-state index contributed by atoms with van der Waals surface area (Å²) in [6, 6.07) is 15.5. The third-order valence-electron chi connectivity index (χ3n) is 6.35. The Morgan fingerprint density at radius 2 is 1.68 bits per heavy atom. The number of ketones is 1. The predicted octanol–water partition coefficient (Wildman–Crippen LogP) is 3.69. The molecule has 2 fully saturated rings. The maximum Gasteiger partial charge on any atom is 0.227 e. The maximum absolute atomic E-state index is 13.5. The van der Waals surface area contributed by atoms with Gasteiger partial charge in [0.2, 0.25) is 11.8 Å². The third-order valence-corrected chi connectivity index (χ3v) is 6.35. The summed E-state index contributed by atoms with van der Waals surface area (Å²) in [6.07, 6.45) is 2.20. The van der Waals surface area contributed by atoms with Gasteiger partial charge in [-0.2, -0.15) is 0 Å². The van der Waals surface area contributed by atoms with Gasteiger partial charge in [0.1, 0.15) is 5.82 Å². The van der Waals surface area contributed by atoms with E-state index in [9.17, 15) is 18.8 Å². The van der Waals surface area contributed by atoms with Crippen molar-refractivity contribution in [1.29, 1.82) is 0 Å². The van der Waals surface area contributed by atoms with E-state index in [0.717, 1.165) is 11.1 Å². The van der Waals surface area contributed by atoms with Crippen LogP contribution in [-0.4, -0.2) is 47.0 Å². The van der Waals surface area contributed by atoms with Crippen molar-refractivity contribution in [3.63, 3.8) is 0 Å². The molecule has 0 bridgehead atoms. The average molecular weight is 423 g/mol. The molecule has 0 radical (unpaired) electrons. The average Bonchev–Trinajstić information content (AvgIpc) is 2.80. The van der Waals surface area contributed by atoms with E-state index in [1.807, 2.05) is 35.2 Å². The van der Waals surface area contributed by atoms with Crippen LogP contribution in [0.5, 0.6) is 0 Å². The molecule has 0 saturated carbocycles. The molecule has 4 rings (SSSR count). The molecule has 0 spiro atoms. The monoisotopic (exact) mass is 422 g/mol. The van der Waals surface area contributed by atoms with Gasteiger partial charge < -0.3 is 9.80 Å². The summed E-state index contributed by atoms with van der Waals surface area (Å²) in [5.41, 5.74) is 1.45. The SMILES string of the molecule is O=C(c1ccccc1)C1CCN(C(=O)[C@H]2CCC(=O)N(Cc3cccc(F)c3)C2)CC1. The number of benzene rings is 2. The lowest BCUT2D eigenvalue weighted by molar-refractivity contribution is -0.144. The van der Waals surface area contributed by atoms with Crippen molar-refractivity contribution in [2.45, 2.75) is 32.2 Å². The number of amides is 2. The van der Waals surface area contributed by atoms with Crippen LogP contribution in [-0.2, 0) is 16.1 Å². The number of likely N-dealkylation sites (tertiary alicyclic amines) is 2. The third kappa shape index (κ3) is 5.01. The molecule has 2 aromatic carbocycles. The molecular formula is C25H27FN2O3. The number of hydrogen-bond acceptors (Lipinski definition) is 3. The molecule has 2 heterocycles. The van der Waals surface area contributed by atoms with E-state index in [0.29, 0.717) is 51.9 Å². The zero-order chi connectivity index (χ0) is 21.8. The summed E-state index contributed by atoms with van der Waals surface area (Å²) in [4.78, 5) is 41.6. The summed E-state index contributed by atoms with van der Waals surface area (Å²) in [6.45, 7) is 1.80. The predicted molar refractivity (Wildman–Crippen MR) is 115 cm³/mol. The summed E-state index contributed by atoms with van der Waals surface area (Å²) in [7, 11) is 0. The zero-order valence-corrected chi connectivity index (χ0v) is 17.5. The quantitative estimate of drug-likeness (QED) is 0.691. The van der Waals surface area contributed by atoms with Crippen LogP contribution in [0.2, 0.25) is 0 Å². The first-order chi connectivity index (χ1) is 15.0. The second kappa shape index (κ2) is 9.41. The van der Waals surface area contributed by atoms with E-state index in [-0.39, 0.29) is 35.3 Å². The summed E-state index contributed by atoms with van der Waals surface area (Å²) < 4.78 is 13.5. The number of piperidine rings is 2. The smallest absolute Gasteiger partial charge is 0.227 e. The minimum atomic E-state index is -0.331. The van der Waals surface area contributed by atoms with Crippen molar-refractivity contribution in [2.24, 2.45) is 11.8 Å². The lowest BCUT2D eigenvalue weighted by Gasteiger charge is -2.37. The highest BCUT2D eigenvalue weighted by molar-refractivity contribution is 5.98. The highest BCUT2D eigenvalue weighted by atomic mass is 19.1. The summed E-state index contributed by atoms with van der Waals surface area (Å²) in [5.74, 6) is -0.418. The van der Waals surface area contributed by atoms with E-state index in [4.69, 9.17) is 0 Å². The van der Waals surface area contributed by atoms with Crippen LogP contribution in [0.3, 0.4) is 0 Å². The standard InChI is InChI=1S/C25H27FN2O3/c26-22-8-4-5-18(15-22)16-28-17-21(9-10-23(28)29)25(31)27-13-11-20(12-14-27)24(30)19-6-2-1-3-7-19/h1-8,15,20-21H,9-14,16-17H2/t21-/m0/s1. The Labute approximate surface area is 181 Å². The number of rotatable bonds is 5. The van der Waals surface area contributed by atoms with E-state index in [1.54, 1.807) is 17.0 Å². The molecule has 2 aliphatic heterocycles. The number of carbonyl (C=O) groups excluding carboxylic acids is 3. The Kier molecular flexibility index (Phi) is 6.44. The number of carbonyl (C=O) groups is 3. The molecule has 31 heavy (non-hydrogen) atoms. The molecule has 1 atom stereocenters. The maximum atomic E-state index is 13.5. The van der Waals surface area contributed by atoms with E-state index in [2.05, 4.69) is 0 Å². The molecule has 162 valence electrons. The molecule has 2 aliphatic rings. The highest BCUT2D eigenvalue weighted by Gasteiger charge is 2.35. The highest BCUT2D eigenvalue weighted by Crippen LogP contribution is 2.26. The second-order valence-corrected chi connectivity index (χ2v) is 8.47. The van der Waals surface area contributed by atoms with Crippen LogP contribution in [0.1, 0.15) is 41.6 Å². The summed E-state index contributed by atoms with van der Waals surface area (Å²) in [5, 5.41) is 0. The fourth-order valence-corrected chi connectivity index (χ4v) is 4.58. The molecule has 2 saturated heterocycles. The largest absolute Gasteiger partial charge is 0.342 e. The molecule has 6 heteroatoms. The van der Waals surface area contributed by atoms with Crippen LogP contribution < -0.4 is 0 Å². The molecule has 0 aliphatic carbocycles. The Balaban J connectivity index is 1.33. The number of hydrogen-bond donors (Lipinski definition) is 0. The molecule has 0 unspecified atom stereocenters. The Bertz CT molecular complexity index is 954. The lowest BCUT2D eigenvalue weighted by atomic mass is 9.87. The van der Waals surface area contributed by atoms with Crippen LogP contribution in [0, 0.1) is 17.7 Å². The van der Waals surface area contributed by atoms with Crippen molar-refractivity contribution in [2.75, 3.05) is 19.6 Å². The first-order valence-electron chi connectivity index (χ1n) is 10.9. The van der Waals surface area contributed by atoms with Crippen LogP contribution in [0.25, 0.3) is 0 Å². The van der Waals surface area contributed by atoms with E-state index in [1.165, 1.54) is 12.1 Å². The minimum Gasteiger partial charge on any atom is -0.342 e. The van der Waals surface area contributed by atoms with Crippen LogP contribution in [0.4, 0.5) is 4.39 Å². The van der Waals surface area contributed by atoms with E-state index < -0.39 is 0 Å². The van der Waals surface area contributed by atoms with Gasteiger partial charge in [0.15, 0.2) is 5.78 Å². The minimum absolute atomic E-state index is 0.000442. The number of Topliss-reactive ketones (excluding diaryl/α,β-unsaturated/α-hetero) is 1. The zero-order valence-electron chi connectivity index (χ0n) is 17.5. The Morgan fingerprint density at radius 1 is 0.935 bits per heavy atom. The van der Waals surface area contributed by atoms with Gasteiger partial charge in [0.05, 0.1) is 5.92 Å². The molecule has 5 nitrogen and oxygen atoms in total. The van der Waals surface area contributed by atoms with Gasteiger partial charge in [-0.1, -0.05) is 42.5 Å². The van der Waals surface area contributed by atoms with Gasteiger partial charge in [-0.25, -0.2) is 4.39 Å². The first-order valence-corrected chi connectivity index (χ1v) is 10.9. The van der Waals surface area contributed by atoms with Crippen molar-refractivity contribution >= 4 is 17.6 Å². The van der Waals surface area contributed by atoms with Crippen LogP contribution >= 0.6 is 0 Å². The topological polar surface area (TPSA) is 57.7 Å². The number of halogens is 1. The lowest BCUT2D eigenvalue weighted by Crippen LogP contribution is -2.49. The fourth-order valence-electron chi connectivity index (χ4n) is 4.58. The van der Waals surface area contributed by atoms with Crippen LogP contribution in [0.15, 0.2) is 54.6 Å². The summed E-state index contributed by atoms with van der Waals surface area (Å²) >= 11 is 0. The van der Waals surface area contributed by atoms with Crippen molar-refractivity contribution in [3.8, 4) is 0 Å². The number of nitrogens with zero attached hydrogens (tertiary/aromatic N) is 2. The second-order valence-electron chi connectivity index (χ2n) is 8.47. The fraction of sp³-hybridized carbons (Fsp3) is 0.400. The van der Waals surface area contributed by atoms with Gasteiger partial charge in [-0.05, 0) is 37.0 Å². The Hall–Kier alpha value is -3.02. The molecule has 2 aromatic rings. The van der Waals surface area contributed by atoms with Crippen molar-refractivity contribution in [3.05, 3.63) is 71.5 Å². The van der Waals surface area contributed by atoms with Gasteiger partial charge in [-0.15, -0.1) is 0 Å². The molecule has 0 aromatic heterocycles. The normalized spacial score (nSPS) is 20.0. The van der Waals surface area contributed by atoms with E-state index >= 15 is 0 Å². The molecule has 2 amide bonds. The molecular weight excluding hydrogens is 395 g/mol. The molecule has 0 N–H and O–H groups in total. The van der Waals surface area contributed by atoms with Crippen molar-refractivity contribution < 1.29 is 18.8 Å². The Morgan fingerprint density at radius 3 is 2.39 bits per heavy atom. The van der Waals surface area contributed by atoms with Gasteiger partial charge in [0, 0.05) is 44.1 Å². The first kappa shape index (κ1) is 21.2. The van der Waals surface area contributed by atoms with Crippen molar-refractivity contribution in [1.82, 2.24) is 9.80 Å². The van der Waals surface area contributed by atoms with Gasteiger partial charge >= 0.3 is 0 Å². The van der Waals surface area contributed by atoms with Gasteiger partial charge in [0.25, 0.3) is 0 Å².